The van der Waals surface area contributed by atoms with E-state index >= 15 is 0 Å². The second-order valence-corrected chi connectivity index (χ2v) is 6.54. The van der Waals surface area contributed by atoms with Gasteiger partial charge in [-0.05, 0) is 55.5 Å². The Morgan fingerprint density at radius 1 is 1.11 bits per heavy atom. The quantitative estimate of drug-likeness (QED) is 0.755. The molecular weight excluding hydrogens is 297 g/mol. The molecular formula is C15H17Cl2NS. The van der Waals surface area contributed by atoms with Crippen LogP contribution in [0.2, 0.25) is 10.0 Å². The molecule has 0 radical (unpaired) electrons. The summed E-state index contributed by atoms with van der Waals surface area (Å²) in [6.45, 7) is 6.44. The van der Waals surface area contributed by atoms with Crippen molar-refractivity contribution in [3.8, 4) is 0 Å². The van der Waals surface area contributed by atoms with E-state index in [0.717, 1.165) is 5.56 Å². The van der Waals surface area contributed by atoms with Crippen molar-refractivity contribution in [1.29, 1.82) is 0 Å². The van der Waals surface area contributed by atoms with E-state index in [0.29, 0.717) is 16.1 Å². The normalized spacial score (nSPS) is 14.4. The Balaban J connectivity index is 2.13. The van der Waals surface area contributed by atoms with E-state index < -0.39 is 0 Å². The smallest absolute Gasteiger partial charge is 0.0468 e. The van der Waals surface area contributed by atoms with Crippen LogP contribution in [0.4, 0.5) is 0 Å². The number of thiophene rings is 1. The first-order valence-corrected chi connectivity index (χ1v) is 7.87. The van der Waals surface area contributed by atoms with Crippen LogP contribution in [-0.4, -0.2) is 0 Å². The number of rotatable bonds is 4. The van der Waals surface area contributed by atoms with Crippen LogP contribution in [0, 0.1) is 6.92 Å². The topological polar surface area (TPSA) is 12.0 Å². The van der Waals surface area contributed by atoms with Gasteiger partial charge in [-0.15, -0.1) is 11.3 Å². The van der Waals surface area contributed by atoms with Gasteiger partial charge in [0.05, 0.1) is 0 Å². The zero-order chi connectivity index (χ0) is 14.0. The number of hydrogen-bond donors (Lipinski definition) is 1. The standard InChI is InChI=1S/C15H17Cl2NS/c1-9-6-7-19-15(9)11(3)18-10(2)13-5-4-12(16)8-14(13)17/h4-8,10-11,18H,1-3H3. The molecule has 0 amide bonds. The molecule has 102 valence electrons. The SMILES string of the molecule is Cc1ccsc1C(C)NC(C)c1ccc(Cl)cc1Cl. The fourth-order valence-corrected chi connectivity index (χ4v) is 3.74. The van der Waals surface area contributed by atoms with Crippen molar-refractivity contribution >= 4 is 34.5 Å². The fourth-order valence-electron chi connectivity index (χ4n) is 2.22. The van der Waals surface area contributed by atoms with Crippen LogP contribution < -0.4 is 5.32 Å². The van der Waals surface area contributed by atoms with Gasteiger partial charge < -0.3 is 5.32 Å². The van der Waals surface area contributed by atoms with Gasteiger partial charge in [0.15, 0.2) is 0 Å². The average Bonchev–Trinajstić information content (AvgIpc) is 2.75. The molecule has 2 unspecified atom stereocenters. The maximum Gasteiger partial charge on any atom is 0.0468 e. The molecule has 1 heterocycles. The van der Waals surface area contributed by atoms with Gasteiger partial charge in [-0.3, -0.25) is 0 Å². The van der Waals surface area contributed by atoms with E-state index in [1.165, 1.54) is 10.4 Å². The Labute approximate surface area is 128 Å². The Morgan fingerprint density at radius 2 is 1.84 bits per heavy atom. The number of aryl methyl sites for hydroxylation is 1. The molecule has 0 aliphatic heterocycles. The van der Waals surface area contributed by atoms with Crippen molar-refractivity contribution < 1.29 is 0 Å². The summed E-state index contributed by atoms with van der Waals surface area (Å²) >= 11 is 14.0. The van der Waals surface area contributed by atoms with Crippen molar-refractivity contribution in [1.82, 2.24) is 5.32 Å². The van der Waals surface area contributed by atoms with Crippen LogP contribution in [0.5, 0.6) is 0 Å². The first kappa shape index (κ1) is 14.9. The lowest BCUT2D eigenvalue weighted by molar-refractivity contribution is 0.499. The molecule has 2 aromatic rings. The molecule has 0 aliphatic carbocycles. The van der Waals surface area contributed by atoms with Crippen molar-refractivity contribution in [3.63, 3.8) is 0 Å². The van der Waals surface area contributed by atoms with E-state index in [9.17, 15) is 0 Å². The number of nitrogens with one attached hydrogen (secondary N) is 1. The molecule has 0 fully saturated rings. The van der Waals surface area contributed by atoms with Crippen molar-refractivity contribution in [2.45, 2.75) is 32.9 Å². The first-order valence-electron chi connectivity index (χ1n) is 6.24. The lowest BCUT2D eigenvalue weighted by Gasteiger charge is -2.21. The third-order valence-corrected chi connectivity index (χ3v) is 4.99. The third-order valence-electron chi connectivity index (χ3n) is 3.22. The minimum Gasteiger partial charge on any atom is -0.303 e. The molecule has 0 bridgehead atoms. The maximum absolute atomic E-state index is 6.24. The number of hydrogen-bond acceptors (Lipinski definition) is 2. The summed E-state index contributed by atoms with van der Waals surface area (Å²) in [6.07, 6.45) is 0. The van der Waals surface area contributed by atoms with Gasteiger partial charge in [0.25, 0.3) is 0 Å². The molecule has 0 saturated carbocycles. The third kappa shape index (κ3) is 3.51. The zero-order valence-electron chi connectivity index (χ0n) is 11.2. The summed E-state index contributed by atoms with van der Waals surface area (Å²) in [6, 6.07) is 8.29. The molecule has 19 heavy (non-hydrogen) atoms. The molecule has 1 aromatic carbocycles. The number of halogens is 2. The largest absolute Gasteiger partial charge is 0.303 e. The van der Waals surface area contributed by atoms with E-state index in [4.69, 9.17) is 23.2 Å². The minimum atomic E-state index is 0.182. The van der Waals surface area contributed by atoms with Gasteiger partial charge in [0.1, 0.15) is 0 Å². The van der Waals surface area contributed by atoms with Crippen LogP contribution in [0.25, 0.3) is 0 Å². The second-order valence-electron chi connectivity index (χ2n) is 4.74. The van der Waals surface area contributed by atoms with Gasteiger partial charge in [0.2, 0.25) is 0 Å². The minimum absolute atomic E-state index is 0.182. The highest BCUT2D eigenvalue weighted by molar-refractivity contribution is 7.10. The molecule has 0 saturated heterocycles. The van der Waals surface area contributed by atoms with E-state index in [1.807, 2.05) is 12.1 Å². The Kier molecular flexibility index (Phi) is 4.91. The van der Waals surface area contributed by atoms with Crippen LogP contribution in [0.15, 0.2) is 29.6 Å². The molecule has 1 N–H and O–H groups in total. The van der Waals surface area contributed by atoms with Gasteiger partial charge in [-0.1, -0.05) is 29.3 Å². The van der Waals surface area contributed by atoms with E-state index in [2.05, 4.69) is 37.5 Å². The summed E-state index contributed by atoms with van der Waals surface area (Å²) in [5, 5.41) is 7.09. The molecule has 2 rings (SSSR count). The lowest BCUT2D eigenvalue weighted by Crippen LogP contribution is -2.22. The molecule has 1 nitrogen and oxygen atoms in total. The summed E-state index contributed by atoms with van der Waals surface area (Å²) in [7, 11) is 0. The highest BCUT2D eigenvalue weighted by atomic mass is 35.5. The molecule has 2 atom stereocenters. The molecule has 0 spiro atoms. The van der Waals surface area contributed by atoms with Gasteiger partial charge >= 0.3 is 0 Å². The van der Waals surface area contributed by atoms with Crippen molar-refractivity contribution in [3.05, 3.63) is 55.7 Å². The summed E-state index contributed by atoms with van der Waals surface area (Å²) < 4.78 is 0. The summed E-state index contributed by atoms with van der Waals surface area (Å²) in [4.78, 5) is 1.37. The van der Waals surface area contributed by atoms with Crippen molar-refractivity contribution in [2.75, 3.05) is 0 Å². The Bertz CT molecular complexity index is 565. The molecule has 0 aliphatic rings. The van der Waals surface area contributed by atoms with Crippen LogP contribution in [-0.2, 0) is 0 Å². The first-order chi connectivity index (χ1) is 8.99. The zero-order valence-corrected chi connectivity index (χ0v) is 13.5. The highest BCUT2D eigenvalue weighted by Gasteiger charge is 2.15. The highest BCUT2D eigenvalue weighted by Crippen LogP contribution is 2.30. The number of benzene rings is 1. The summed E-state index contributed by atoms with van der Waals surface area (Å²) in [5.74, 6) is 0. The second kappa shape index (κ2) is 6.27. The van der Waals surface area contributed by atoms with Gasteiger partial charge in [0, 0.05) is 27.0 Å². The monoisotopic (exact) mass is 313 g/mol. The lowest BCUT2D eigenvalue weighted by atomic mass is 10.1. The predicted octanol–water partition coefficient (Wildman–Crippen LogP) is 5.78. The van der Waals surface area contributed by atoms with E-state index in [1.54, 1.807) is 17.4 Å². The van der Waals surface area contributed by atoms with E-state index in [-0.39, 0.29) is 6.04 Å². The predicted molar refractivity (Wildman–Crippen MR) is 85.5 cm³/mol. The molecule has 4 heteroatoms. The molecule has 1 aromatic heterocycles. The van der Waals surface area contributed by atoms with Gasteiger partial charge in [-0.2, -0.15) is 0 Å². The Hall–Kier alpha value is -0.540. The maximum atomic E-state index is 6.24. The van der Waals surface area contributed by atoms with Gasteiger partial charge in [-0.25, -0.2) is 0 Å². The van der Waals surface area contributed by atoms with Crippen LogP contribution in [0.1, 0.15) is 41.9 Å². The fraction of sp³-hybridized carbons (Fsp3) is 0.333. The van der Waals surface area contributed by atoms with Crippen LogP contribution >= 0.6 is 34.5 Å². The van der Waals surface area contributed by atoms with Crippen LogP contribution in [0.3, 0.4) is 0 Å². The van der Waals surface area contributed by atoms with Crippen molar-refractivity contribution in [2.24, 2.45) is 0 Å². The Morgan fingerprint density at radius 3 is 2.42 bits per heavy atom. The average molecular weight is 314 g/mol. The summed E-state index contributed by atoms with van der Waals surface area (Å²) in [5.41, 5.74) is 2.41.